The average molecular weight is 306 g/mol. The van der Waals surface area contributed by atoms with E-state index in [1.54, 1.807) is 0 Å². The zero-order valence-electron chi connectivity index (χ0n) is 12.6. The molecule has 0 bridgehead atoms. The smallest absolute Gasteiger partial charge is 0.338 e. The molecule has 0 unspecified atom stereocenters. The lowest BCUT2D eigenvalue weighted by atomic mass is 9.95. The third-order valence-electron chi connectivity index (χ3n) is 3.91. The van der Waals surface area contributed by atoms with Crippen molar-refractivity contribution in [1.82, 2.24) is 5.32 Å². The number of nitrogens with zero attached hydrogens (tertiary/aromatic N) is 1. The number of esters is 1. The monoisotopic (exact) mass is 306 g/mol. The van der Waals surface area contributed by atoms with Crippen LogP contribution in [0.15, 0.2) is 24.3 Å². The normalized spacial score (nSPS) is 15.5. The van der Waals surface area contributed by atoms with Gasteiger partial charge in [0.25, 0.3) is 5.69 Å². The molecular formula is C16H22N2O4. The molecule has 0 amide bonds. The van der Waals surface area contributed by atoms with E-state index in [1.807, 2.05) is 0 Å². The van der Waals surface area contributed by atoms with Gasteiger partial charge in [-0.2, -0.15) is 0 Å². The van der Waals surface area contributed by atoms with E-state index in [-0.39, 0.29) is 5.69 Å². The molecule has 0 atom stereocenters. The molecule has 2 rings (SSSR count). The maximum Gasteiger partial charge on any atom is 0.338 e. The molecular weight excluding hydrogens is 284 g/mol. The number of nitro benzene ring substituents is 1. The van der Waals surface area contributed by atoms with Crippen molar-refractivity contribution in [1.29, 1.82) is 0 Å². The number of hydrogen-bond donors (Lipinski definition) is 1. The van der Waals surface area contributed by atoms with Gasteiger partial charge < -0.3 is 10.1 Å². The zero-order chi connectivity index (χ0) is 15.8. The summed E-state index contributed by atoms with van der Waals surface area (Å²) in [6.45, 7) is 1.20. The van der Waals surface area contributed by atoms with Crippen molar-refractivity contribution >= 4 is 11.7 Å². The molecule has 1 aliphatic rings. The molecule has 0 aliphatic heterocycles. The molecule has 1 aliphatic carbocycles. The van der Waals surface area contributed by atoms with Gasteiger partial charge in [0, 0.05) is 18.2 Å². The summed E-state index contributed by atoms with van der Waals surface area (Å²) in [6.07, 6.45) is 7.19. The van der Waals surface area contributed by atoms with Crippen molar-refractivity contribution in [2.75, 3.05) is 13.2 Å². The lowest BCUT2D eigenvalue weighted by Crippen LogP contribution is -2.32. The summed E-state index contributed by atoms with van der Waals surface area (Å²) in [4.78, 5) is 21.8. The van der Waals surface area contributed by atoms with Gasteiger partial charge in [0.05, 0.1) is 17.1 Å². The Morgan fingerprint density at radius 3 is 2.55 bits per heavy atom. The van der Waals surface area contributed by atoms with Gasteiger partial charge in [-0.25, -0.2) is 4.79 Å². The summed E-state index contributed by atoms with van der Waals surface area (Å²) in [5, 5.41) is 14.0. The molecule has 22 heavy (non-hydrogen) atoms. The van der Waals surface area contributed by atoms with Crippen molar-refractivity contribution in [3.8, 4) is 0 Å². The molecule has 0 saturated heterocycles. The summed E-state index contributed by atoms with van der Waals surface area (Å²) < 4.78 is 5.17. The fourth-order valence-corrected chi connectivity index (χ4v) is 2.65. The largest absolute Gasteiger partial charge is 0.462 e. The van der Waals surface area contributed by atoms with Crippen LogP contribution in [0.5, 0.6) is 0 Å². The minimum Gasteiger partial charge on any atom is -0.462 e. The molecule has 1 saturated carbocycles. The average Bonchev–Trinajstić information content (AvgIpc) is 2.55. The molecule has 6 nitrogen and oxygen atoms in total. The number of non-ortho nitro benzene ring substituents is 1. The zero-order valence-corrected chi connectivity index (χ0v) is 12.6. The predicted octanol–water partition coefficient (Wildman–Crippen LogP) is 3.06. The van der Waals surface area contributed by atoms with E-state index in [1.165, 1.54) is 56.4 Å². The van der Waals surface area contributed by atoms with Crippen LogP contribution in [-0.4, -0.2) is 30.1 Å². The second-order valence-corrected chi connectivity index (χ2v) is 5.58. The van der Waals surface area contributed by atoms with Crippen LogP contribution in [0.3, 0.4) is 0 Å². The fourth-order valence-electron chi connectivity index (χ4n) is 2.65. The van der Waals surface area contributed by atoms with Gasteiger partial charge in [0.15, 0.2) is 0 Å². The summed E-state index contributed by atoms with van der Waals surface area (Å²) >= 11 is 0. The van der Waals surface area contributed by atoms with E-state index < -0.39 is 10.9 Å². The number of benzene rings is 1. The molecule has 6 heteroatoms. The van der Waals surface area contributed by atoms with Crippen molar-refractivity contribution in [2.45, 2.75) is 44.6 Å². The van der Waals surface area contributed by atoms with E-state index >= 15 is 0 Å². The maximum atomic E-state index is 11.8. The maximum absolute atomic E-state index is 11.8. The van der Waals surface area contributed by atoms with Crippen LogP contribution in [0.4, 0.5) is 5.69 Å². The first kappa shape index (κ1) is 16.4. The highest BCUT2D eigenvalue weighted by atomic mass is 16.6. The third kappa shape index (κ3) is 5.11. The van der Waals surface area contributed by atoms with Crippen LogP contribution in [0.1, 0.15) is 48.9 Å². The highest BCUT2D eigenvalue weighted by Gasteiger charge is 2.13. The Balaban J connectivity index is 1.63. The fraction of sp³-hybridized carbons (Fsp3) is 0.562. The first-order valence-corrected chi connectivity index (χ1v) is 7.82. The highest BCUT2D eigenvalue weighted by Crippen LogP contribution is 2.17. The minimum absolute atomic E-state index is 0.0340. The van der Waals surface area contributed by atoms with Crippen LogP contribution in [0.2, 0.25) is 0 Å². The van der Waals surface area contributed by atoms with E-state index in [2.05, 4.69) is 5.32 Å². The number of rotatable bonds is 7. The van der Waals surface area contributed by atoms with Crippen LogP contribution in [-0.2, 0) is 4.74 Å². The Morgan fingerprint density at radius 1 is 1.23 bits per heavy atom. The SMILES string of the molecule is O=C(OCCCNC1CCCCC1)c1ccc([N+](=O)[O-])cc1. The first-order valence-electron chi connectivity index (χ1n) is 7.82. The van der Waals surface area contributed by atoms with Crippen LogP contribution < -0.4 is 5.32 Å². The number of ether oxygens (including phenoxy) is 1. The molecule has 1 aromatic carbocycles. The summed E-state index contributed by atoms with van der Waals surface area (Å²) in [5.41, 5.74) is 0.305. The second-order valence-electron chi connectivity index (χ2n) is 5.58. The molecule has 120 valence electrons. The highest BCUT2D eigenvalue weighted by molar-refractivity contribution is 5.89. The van der Waals surface area contributed by atoms with Crippen molar-refractivity contribution in [3.63, 3.8) is 0 Å². The summed E-state index contributed by atoms with van der Waals surface area (Å²) in [6, 6.07) is 6.06. The standard InChI is InChI=1S/C16H22N2O4/c19-16(13-7-9-15(10-8-13)18(20)21)22-12-4-11-17-14-5-2-1-3-6-14/h7-10,14,17H,1-6,11-12H2. The third-order valence-corrected chi connectivity index (χ3v) is 3.91. The molecule has 1 fully saturated rings. The number of hydrogen-bond acceptors (Lipinski definition) is 5. The number of carbonyl (C=O) groups excluding carboxylic acids is 1. The Bertz CT molecular complexity index is 495. The first-order chi connectivity index (χ1) is 10.7. The summed E-state index contributed by atoms with van der Waals surface area (Å²) in [7, 11) is 0. The molecule has 0 radical (unpaired) electrons. The number of carbonyl (C=O) groups is 1. The number of nitro groups is 1. The van der Waals surface area contributed by atoms with E-state index in [0.29, 0.717) is 18.2 Å². The molecule has 0 heterocycles. The van der Waals surface area contributed by atoms with Crippen LogP contribution >= 0.6 is 0 Å². The number of nitrogens with one attached hydrogen (secondary N) is 1. The molecule has 0 aromatic heterocycles. The van der Waals surface area contributed by atoms with Crippen molar-refractivity contribution in [2.24, 2.45) is 0 Å². The minimum atomic E-state index is -0.494. The van der Waals surface area contributed by atoms with Gasteiger partial charge in [0.1, 0.15) is 0 Å². The van der Waals surface area contributed by atoms with Gasteiger partial charge >= 0.3 is 5.97 Å². The molecule has 1 aromatic rings. The van der Waals surface area contributed by atoms with E-state index in [4.69, 9.17) is 4.74 Å². The predicted molar refractivity (Wildman–Crippen MR) is 82.9 cm³/mol. The van der Waals surface area contributed by atoms with Gasteiger partial charge in [-0.3, -0.25) is 10.1 Å². The summed E-state index contributed by atoms with van der Waals surface area (Å²) in [5.74, 6) is -0.437. The Hall–Kier alpha value is -1.95. The van der Waals surface area contributed by atoms with Gasteiger partial charge in [-0.15, -0.1) is 0 Å². The quantitative estimate of drug-likeness (QED) is 0.362. The van der Waals surface area contributed by atoms with Crippen molar-refractivity contribution in [3.05, 3.63) is 39.9 Å². The van der Waals surface area contributed by atoms with E-state index in [0.717, 1.165) is 13.0 Å². The Morgan fingerprint density at radius 2 is 1.91 bits per heavy atom. The van der Waals surface area contributed by atoms with E-state index in [9.17, 15) is 14.9 Å². The second kappa shape index (κ2) is 8.48. The van der Waals surface area contributed by atoms with Gasteiger partial charge in [-0.05, 0) is 37.9 Å². The topological polar surface area (TPSA) is 81.5 Å². The van der Waals surface area contributed by atoms with Crippen molar-refractivity contribution < 1.29 is 14.5 Å². The Labute approximate surface area is 130 Å². The lowest BCUT2D eigenvalue weighted by molar-refractivity contribution is -0.384. The molecule has 1 N–H and O–H groups in total. The van der Waals surface area contributed by atoms with Crippen LogP contribution in [0.25, 0.3) is 0 Å². The Kier molecular flexibility index (Phi) is 6.33. The van der Waals surface area contributed by atoms with Gasteiger partial charge in [0.2, 0.25) is 0 Å². The molecule has 0 spiro atoms. The van der Waals surface area contributed by atoms with Gasteiger partial charge in [-0.1, -0.05) is 19.3 Å². The lowest BCUT2D eigenvalue weighted by Gasteiger charge is -2.22. The van der Waals surface area contributed by atoms with Crippen LogP contribution in [0, 0.1) is 10.1 Å².